The van der Waals surface area contributed by atoms with E-state index < -0.39 is 5.97 Å². The van der Waals surface area contributed by atoms with Crippen molar-refractivity contribution in [3.63, 3.8) is 0 Å². The molecule has 132 valence electrons. The lowest BCUT2D eigenvalue weighted by Crippen LogP contribution is -2.02. The summed E-state index contributed by atoms with van der Waals surface area (Å²) in [6.07, 6.45) is 1.97. The number of aliphatic hydroxyl groups is 1. The third kappa shape index (κ3) is 3.24. The standard InChI is InChI=1S/C21H18O5/c1-3-10-26-16-8-9-17-15(11-16)12-18(20(17)23)19(22)13-4-6-14(7-5-13)21(24)25-2/h3-9,11,22H,1,10,12H2,2H3. The van der Waals surface area contributed by atoms with Crippen molar-refractivity contribution in [1.29, 1.82) is 0 Å². The zero-order chi connectivity index (χ0) is 18.7. The molecular weight excluding hydrogens is 332 g/mol. The van der Waals surface area contributed by atoms with Crippen LogP contribution in [0.5, 0.6) is 5.75 Å². The van der Waals surface area contributed by atoms with E-state index in [-0.39, 0.29) is 11.5 Å². The number of Topliss-reactive ketones (excluding diaryl/α,β-unsaturated/α-hetero) is 1. The number of methoxy groups -OCH3 is 1. The van der Waals surface area contributed by atoms with Crippen LogP contribution in [0.2, 0.25) is 0 Å². The first kappa shape index (κ1) is 17.5. The van der Waals surface area contributed by atoms with Gasteiger partial charge in [-0.05, 0) is 35.9 Å². The van der Waals surface area contributed by atoms with Gasteiger partial charge in [0.1, 0.15) is 18.1 Å². The van der Waals surface area contributed by atoms with E-state index in [0.29, 0.717) is 41.0 Å². The van der Waals surface area contributed by atoms with Crippen LogP contribution in [0.25, 0.3) is 5.76 Å². The minimum Gasteiger partial charge on any atom is -0.507 e. The Morgan fingerprint density at radius 3 is 2.54 bits per heavy atom. The lowest BCUT2D eigenvalue weighted by Gasteiger charge is -2.05. The molecule has 26 heavy (non-hydrogen) atoms. The molecule has 0 radical (unpaired) electrons. The number of hydrogen-bond donors (Lipinski definition) is 1. The topological polar surface area (TPSA) is 72.8 Å². The third-order valence-corrected chi connectivity index (χ3v) is 4.20. The van der Waals surface area contributed by atoms with Crippen molar-refractivity contribution in [3.05, 3.63) is 82.9 Å². The van der Waals surface area contributed by atoms with E-state index in [1.807, 2.05) is 0 Å². The number of carbonyl (C=O) groups is 2. The summed E-state index contributed by atoms with van der Waals surface area (Å²) in [4.78, 5) is 24.1. The molecule has 0 heterocycles. The minimum absolute atomic E-state index is 0.0869. The number of esters is 1. The molecule has 0 spiro atoms. The van der Waals surface area contributed by atoms with E-state index in [1.165, 1.54) is 7.11 Å². The first-order valence-corrected chi connectivity index (χ1v) is 8.07. The van der Waals surface area contributed by atoms with E-state index in [1.54, 1.807) is 48.5 Å². The van der Waals surface area contributed by atoms with Crippen LogP contribution in [0.3, 0.4) is 0 Å². The molecule has 1 aliphatic carbocycles. The molecule has 1 aliphatic rings. The Morgan fingerprint density at radius 1 is 1.19 bits per heavy atom. The smallest absolute Gasteiger partial charge is 0.337 e. The van der Waals surface area contributed by atoms with Crippen LogP contribution in [0.4, 0.5) is 0 Å². The summed E-state index contributed by atoms with van der Waals surface area (Å²) in [5, 5.41) is 10.6. The lowest BCUT2D eigenvalue weighted by molar-refractivity contribution is 0.0600. The zero-order valence-corrected chi connectivity index (χ0v) is 14.3. The second kappa shape index (κ2) is 7.27. The Bertz CT molecular complexity index is 906. The van der Waals surface area contributed by atoms with Gasteiger partial charge in [0, 0.05) is 23.1 Å². The van der Waals surface area contributed by atoms with Crippen LogP contribution >= 0.6 is 0 Å². The molecular formula is C21H18O5. The molecule has 0 saturated heterocycles. The maximum absolute atomic E-state index is 12.6. The molecule has 0 amide bonds. The van der Waals surface area contributed by atoms with E-state index in [0.717, 1.165) is 5.56 Å². The summed E-state index contributed by atoms with van der Waals surface area (Å²) in [7, 11) is 1.30. The van der Waals surface area contributed by atoms with Gasteiger partial charge in [0.05, 0.1) is 12.7 Å². The summed E-state index contributed by atoms with van der Waals surface area (Å²) in [6, 6.07) is 11.5. The molecule has 0 fully saturated rings. The molecule has 1 N–H and O–H groups in total. The average Bonchev–Trinajstić information content (AvgIpc) is 3.01. The van der Waals surface area contributed by atoms with Crippen molar-refractivity contribution in [2.24, 2.45) is 0 Å². The van der Waals surface area contributed by atoms with Gasteiger partial charge in [0.25, 0.3) is 0 Å². The first-order valence-electron chi connectivity index (χ1n) is 8.07. The molecule has 0 aromatic heterocycles. The summed E-state index contributed by atoms with van der Waals surface area (Å²) < 4.78 is 10.1. The second-order valence-corrected chi connectivity index (χ2v) is 5.82. The number of carbonyl (C=O) groups excluding carboxylic acids is 2. The number of aliphatic hydroxyl groups excluding tert-OH is 1. The number of benzene rings is 2. The van der Waals surface area contributed by atoms with Crippen LogP contribution in [0, 0.1) is 0 Å². The lowest BCUT2D eigenvalue weighted by atomic mass is 10.0. The molecule has 0 bridgehead atoms. The largest absolute Gasteiger partial charge is 0.507 e. The summed E-state index contributed by atoms with van der Waals surface area (Å²) in [5.74, 6) is -0.0966. The van der Waals surface area contributed by atoms with Gasteiger partial charge in [-0.15, -0.1) is 0 Å². The summed E-state index contributed by atoms with van der Waals surface area (Å²) >= 11 is 0. The highest BCUT2D eigenvalue weighted by molar-refractivity contribution is 6.16. The fourth-order valence-electron chi connectivity index (χ4n) is 2.86. The molecule has 0 saturated carbocycles. The van der Waals surface area contributed by atoms with Crippen LogP contribution in [-0.2, 0) is 11.2 Å². The Labute approximate surface area is 151 Å². The first-order chi connectivity index (χ1) is 12.5. The summed E-state index contributed by atoms with van der Waals surface area (Å²) in [6.45, 7) is 3.99. The molecule has 2 aromatic carbocycles. The number of fused-ring (bicyclic) bond motifs is 1. The normalized spacial score (nSPS) is 14.6. The Hall–Kier alpha value is -3.34. The fraction of sp³-hybridized carbons (Fsp3) is 0.143. The van der Waals surface area contributed by atoms with E-state index >= 15 is 0 Å². The predicted molar refractivity (Wildman–Crippen MR) is 97.5 cm³/mol. The molecule has 0 atom stereocenters. The highest BCUT2D eigenvalue weighted by Gasteiger charge is 2.28. The minimum atomic E-state index is -0.458. The highest BCUT2D eigenvalue weighted by Crippen LogP contribution is 2.33. The quantitative estimate of drug-likeness (QED) is 0.385. The monoisotopic (exact) mass is 350 g/mol. The van der Waals surface area contributed by atoms with Crippen molar-refractivity contribution >= 4 is 17.5 Å². The van der Waals surface area contributed by atoms with Crippen molar-refractivity contribution in [2.75, 3.05) is 13.7 Å². The van der Waals surface area contributed by atoms with E-state index in [2.05, 4.69) is 11.3 Å². The molecule has 5 heteroatoms. The van der Waals surface area contributed by atoms with Crippen LogP contribution < -0.4 is 4.74 Å². The van der Waals surface area contributed by atoms with Gasteiger partial charge in [-0.2, -0.15) is 0 Å². The zero-order valence-electron chi connectivity index (χ0n) is 14.3. The number of ketones is 1. The van der Waals surface area contributed by atoms with Gasteiger partial charge in [0.15, 0.2) is 5.78 Å². The van der Waals surface area contributed by atoms with Gasteiger partial charge in [-0.25, -0.2) is 4.79 Å². The summed E-state index contributed by atoms with van der Waals surface area (Å²) in [5.41, 5.74) is 2.54. The predicted octanol–water partition coefficient (Wildman–Crippen LogP) is 3.75. The van der Waals surface area contributed by atoms with Gasteiger partial charge >= 0.3 is 5.97 Å². The van der Waals surface area contributed by atoms with Crippen molar-refractivity contribution in [1.82, 2.24) is 0 Å². The van der Waals surface area contributed by atoms with Crippen molar-refractivity contribution in [2.45, 2.75) is 6.42 Å². The fourth-order valence-corrected chi connectivity index (χ4v) is 2.86. The second-order valence-electron chi connectivity index (χ2n) is 5.82. The Balaban J connectivity index is 1.89. The average molecular weight is 350 g/mol. The van der Waals surface area contributed by atoms with Crippen molar-refractivity contribution < 1.29 is 24.2 Å². The molecule has 3 rings (SSSR count). The molecule has 5 nitrogen and oxygen atoms in total. The number of allylic oxidation sites excluding steroid dienone is 1. The van der Waals surface area contributed by atoms with Crippen molar-refractivity contribution in [3.8, 4) is 5.75 Å². The highest BCUT2D eigenvalue weighted by atomic mass is 16.5. The number of hydrogen-bond acceptors (Lipinski definition) is 5. The third-order valence-electron chi connectivity index (χ3n) is 4.20. The molecule has 0 unspecified atom stereocenters. The SMILES string of the molecule is C=CCOc1ccc2c(c1)CC(=C(O)c1ccc(C(=O)OC)cc1)C2=O. The maximum Gasteiger partial charge on any atom is 0.337 e. The maximum atomic E-state index is 12.6. The van der Waals surface area contributed by atoms with Gasteiger partial charge in [-0.1, -0.05) is 24.8 Å². The Kier molecular flexibility index (Phi) is 4.89. The van der Waals surface area contributed by atoms with Crippen LogP contribution in [0.1, 0.15) is 31.8 Å². The molecule has 0 aliphatic heterocycles. The van der Waals surface area contributed by atoms with E-state index in [9.17, 15) is 14.7 Å². The van der Waals surface area contributed by atoms with Gasteiger partial charge in [0.2, 0.25) is 0 Å². The van der Waals surface area contributed by atoms with E-state index in [4.69, 9.17) is 4.74 Å². The molecule has 2 aromatic rings. The Morgan fingerprint density at radius 2 is 1.88 bits per heavy atom. The number of ether oxygens (including phenoxy) is 2. The van der Waals surface area contributed by atoms with Gasteiger partial charge < -0.3 is 14.6 Å². The van der Waals surface area contributed by atoms with Crippen LogP contribution in [0.15, 0.2) is 60.7 Å². The van der Waals surface area contributed by atoms with Crippen LogP contribution in [-0.4, -0.2) is 30.6 Å². The number of rotatable bonds is 5. The van der Waals surface area contributed by atoms with Gasteiger partial charge in [-0.3, -0.25) is 4.79 Å².